The van der Waals surface area contributed by atoms with E-state index in [1.54, 1.807) is 14.0 Å². The summed E-state index contributed by atoms with van der Waals surface area (Å²) in [5.41, 5.74) is -0.0218. The van der Waals surface area contributed by atoms with E-state index in [1.807, 2.05) is 0 Å². The van der Waals surface area contributed by atoms with Crippen molar-refractivity contribution in [1.82, 2.24) is 10.5 Å². The minimum absolute atomic E-state index is 0.340. The number of hydrogen-bond acceptors (Lipinski definition) is 4. The number of aromatic nitrogens is 1. The summed E-state index contributed by atoms with van der Waals surface area (Å²) in [6.07, 6.45) is 0.660. The number of rotatable bonds is 3. The highest BCUT2D eigenvalue weighted by Gasteiger charge is 2.17. The molecule has 0 fully saturated rings. The third-order valence-electron chi connectivity index (χ3n) is 1.68. The van der Waals surface area contributed by atoms with E-state index in [4.69, 9.17) is 4.52 Å². The van der Waals surface area contributed by atoms with Gasteiger partial charge in [-0.05, 0) is 14.0 Å². The van der Waals surface area contributed by atoms with Gasteiger partial charge in [-0.3, -0.25) is 4.79 Å². The first-order chi connectivity index (χ1) is 5.70. The monoisotopic (exact) mass is 170 g/mol. The molecule has 0 saturated carbocycles. The second kappa shape index (κ2) is 3.36. The molecule has 0 aliphatic heterocycles. The van der Waals surface area contributed by atoms with E-state index in [0.717, 1.165) is 0 Å². The Bertz CT molecular complexity index is 326. The van der Waals surface area contributed by atoms with E-state index < -0.39 is 6.04 Å². The van der Waals surface area contributed by atoms with Crippen LogP contribution in [0.2, 0.25) is 0 Å². The van der Waals surface area contributed by atoms with Crippen LogP contribution in [0, 0.1) is 6.92 Å². The van der Waals surface area contributed by atoms with Gasteiger partial charge >= 0.3 is 0 Å². The number of H-pyrrole nitrogens is 1. The third kappa shape index (κ3) is 1.31. The Morgan fingerprint density at radius 3 is 2.67 bits per heavy atom. The number of likely N-dealkylation sites (N-methyl/N-ethyl adjacent to an activating group) is 1. The maximum Gasteiger partial charge on any atom is 0.285 e. The van der Waals surface area contributed by atoms with Gasteiger partial charge in [0.1, 0.15) is 12.0 Å². The molecule has 5 heteroatoms. The maximum absolute atomic E-state index is 11.1. The normalized spacial score (nSPS) is 12.8. The van der Waals surface area contributed by atoms with Crippen molar-refractivity contribution in [3.63, 3.8) is 0 Å². The lowest BCUT2D eigenvalue weighted by atomic mass is 10.1. The number of carbonyl (C=O) groups is 1. The molecule has 1 aromatic heterocycles. The average molecular weight is 170 g/mol. The first-order valence-electron chi connectivity index (χ1n) is 3.51. The van der Waals surface area contributed by atoms with Gasteiger partial charge in [0.25, 0.3) is 5.56 Å². The Morgan fingerprint density at radius 1 is 1.67 bits per heavy atom. The van der Waals surface area contributed by atoms with Gasteiger partial charge < -0.3 is 14.6 Å². The molecule has 2 N–H and O–H groups in total. The second-order valence-electron chi connectivity index (χ2n) is 2.41. The summed E-state index contributed by atoms with van der Waals surface area (Å²) in [6.45, 7) is 1.63. The van der Waals surface area contributed by atoms with E-state index in [-0.39, 0.29) is 5.56 Å². The summed E-state index contributed by atoms with van der Waals surface area (Å²) in [5.74, 6) is 0.437. The second-order valence-corrected chi connectivity index (χ2v) is 2.41. The van der Waals surface area contributed by atoms with Crippen LogP contribution in [0.5, 0.6) is 0 Å². The lowest BCUT2D eigenvalue weighted by Crippen LogP contribution is -2.23. The number of aromatic amines is 1. The molecule has 0 saturated heterocycles. The van der Waals surface area contributed by atoms with E-state index in [1.165, 1.54) is 0 Å². The Kier molecular flexibility index (Phi) is 2.44. The minimum Gasteiger partial charge on any atom is -0.383 e. The van der Waals surface area contributed by atoms with Crippen LogP contribution >= 0.6 is 0 Å². The van der Waals surface area contributed by atoms with Gasteiger partial charge in [-0.25, -0.2) is 0 Å². The molecule has 0 spiro atoms. The van der Waals surface area contributed by atoms with Crippen molar-refractivity contribution in [2.75, 3.05) is 7.05 Å². The summed E-state index contributed by atoms with van der Waals surface area (Å²) in [5, 5.41) is 4.84. The Hall–Kier alpha value is -1.36. The molecule has 1 aromatic rings. The molecule has 5 nitrogen and oxygen atoms in total. The molecule has 0 amide bonds. The number of aldehydes is 1. The molecule has 0 aromatic carbocycles. The summed E-state index contributed by atoms with van der Waals surface area (Å²) in [6, 6.07) is -0.590. The van der Waals surface area contributed by atoms with Gasteiger partial charge in [0.2, 0.25) is 0 Å². The SMILES string of the molecule is CNC(C=O)c1c(C)o[nH]c1=O. The first kappa shape index (κ1) is 8.73. The fourth-order valence-electron chi connectivity index (χ4n) is 1.03. The van der Waals surface area contributed by atoms with Crippen molar-refractivity contribution in [3.8, 4) is 0 Å². The predicted molar refractivity (Wildman–Crippen MR) is 41.9 cm³/mol. The van der Waals surface area contributed by atoms with Crippen molar-refractivity contribution < 1.29 is 9.32 Å². The van der Waals surface area contributed by atoms with Crippen molar-refractivity contribution in [2.24, 2.45) is 0 Å². The van der Waals surface area contributed by atoms with Gasteiger partial charge in [0, 0.05) is 0 Å². The van der Waals surface area contributed by atoms with Crippen molar-refractivity contribution in [3.05, 3.63) is 21.7 Å². The van der Waals surface area contributed by atoms with Crippen molar-refractivity contribution >= 4 is 6.29 Å². The fraction of sp³-hybridized carbons (Fsp3) is 0.429. The largest absolute Gasteiger partial charge is 0.383 e. The Balaban J connectivity index is 3.15. The molecular formula is C7H10N2O3. The Morgan fingerprint density at radius 2 is 2.33 bits per heavy atom. The third-order valence-corrected chi connectivity index (χ3v) is 1.68. The van der Waals surface area contributed by atoms with Crippen LogP contribution in [-0.4, -0.2) is 18.5 Å². The molecule has 12 heavy (non-hydrogen) atoms. The van der Waals surface area contributed by atoms with Crippen LogP contribution in [0.15, 0.2) is 9.32 Å². The predicted octanol–water partition coefficient (Wildman–Crippen LogP) is -0.264. The van der Waals surface area contributed by atoms with Gasteiger partial charge in [-0.15, -0.1) is 0 Å². The van der Waals surface area contributed by atoms with Crippen LogP contribution in [0.1, 0.15) is 17.4 Å². The van der Waals surface area contributed by atoms with E-state index in [9.17, 15) is 9.59 Å². The quantitative estimate of drug-likeness (QED) is 0.612. The van der Waals surface area contributed by atoms with Crippen LogP contribution < -0.4 is 10.9 Å². The highest BCUT2D eigenvalue weighted by Crippen LogP contribution is 2.09. The molecule has 0 bridgehead atoms. The minimum atomic E-state index is -0.590. The number of nitrogens with one attached hydrogen (secondary N) is 2. The van der Waals surface area contributed by atoms with Crippen molar-refractivity contribution in [2.45, 2.75) is 13.0 Å². The molecule has 66 valence electrons. The average Bonchev–Trinajstić information content (AvgIpc) is 2.38. The molecule has 0 radical (unpaired) electrons. The number of hydrogen-bond donors (Lipinski definition) is 2. The van der Waals surface area contributed by atoms with Gasteiger partial charge in [0.15, 0.2) is 0 Å². The van der Waals surface area contributed by atoms with Gasteiger partial charge in [0.05, 0.1) is 11.6 Å². The van der Waals surface area contributed by atoms with Crippen molar-refractivity contribution in [1.29, 1.82) is 0 Å². The summed E-state index contributed by atoms with van der Waals surface area (Å²) < 4.78 is 4.74. The number of carbonyl (C=O) groups excluding carboxylic acids is 1. The smallest absolute Gasteiger partial charge is 0.285 e. The van der Waals surface area contributed by atoms with E-state index in [2.05, 4.69) is 10.5 Å². The lowest BCUT2D eigenvalue weighted by Gasteiger charge is -2.03. The maximum atomic E-state index is 11.1. The van der Waals surface area contributed by atoms with Gasteiger partial charge in [-0.1, -0.05) is 0 Å². The highest BCUT2D eigenvalue weighted by molar-refractivity contribution is 5.61. The molecule has 0 aliphatic carbocycles. The fourth-order valence-corrected chi connectivity index (χ4v) is 1.03. The zero-order valence-corrected chi connectivity index (χ0v) is 6.88. The van der Waals surface area contributed by atoms with E-state index in [0.29, 0.717) is 17.6 Å². The van der Waals surface area contributed by atoms with E-state index >= 15 is 0 Å². The van der Waals surface area contributed by atoms with Gasteiger partial charge in [-0.2, -0.15) is 5.16 Å². The summed E-state index contributed by atoms with van der Waals surface area (Å²) in [4.78, 5) is 21.5. The standard InChI is InChI=1S/C7H10N2O3/c1-4-6(5(3-10)8-2)7(11)9-12-4/h3,5,8H,1-2H3,(H,9,11). The molecule has 1 unspecified atom stereocenters. The molecule has 1 heterocycles. The van der Waals surface area contributed by atoms with Crippen LogP contribution in [0.4, 0.5) is 0 Å². The van der Waals surface area contributed by atoms with Crippen LogP contribution in [0.25, 0.3) is 0 Å². The zero-order chi connectivity index (χ0) is 9.14. The molecule has 0 aliphatic rings. The Labute approximate surface area is 68.7 Å². The lowest BCUT2D eigenvalue weighted by molar-refractivity contribution is -0.109. The summed E-state index contributed by atoms with van der Waals surface area (Å²) in [7, 11) is 1.60. The molecule has 1 rings (SSSR count). The summed E-state index contributed by atoms with van der Waals surface area (Å²) >= 11 is 0. The zero-order valence-electron chi connectivity index (χ0n) is 6.88. The highest BCUT2D eigenvalue weighted by atomic mass is 16.5. The topological polar surface area (TPSA) is 75.1 Å². The molecule has 1 atom stereocenters. The number of aryl methyl sites for hydroxylation is 1. The van der Waals surface area contributed by atoms with Crippen LogP contribution in [-0.2, 0) is 4.79 Å². The first-order valence-corrected chi connectivity index (χ1v) is 3.51. The van der Waals surface area contributed by atoms with Crippen LogP contribution in [0.3, 0.4) is 0 Å². The molecular weight excluding hydrogens is 160 g/mol.